The fraction of sp³-hybridized carbons (Fsp3) is 0.282. The van der Waals surface area contributed by atoms with Crippen LogP contribution in [0.4, 0.5) is 0 Å². The third kappa shape index (κ3) is 4.70. The number of allylic oxidation sites excluding steroid dienone is 2. The van der Waals surface area contributed by atoms with Crippen molar-refractivity contribution in [3.8, 4) is 22.3 Å². The normalized spacial score (nSPS) is 18.7. The molecule has 2 aliphatic carbocycles. The zero-order valence-electron chi connectivity index (χ0n) is 26.7. The Bertz CT molecular complexity index is 1810. The number of benzene rings is 4. The molecule has 2 atom stereocenters. The monoisotopic (exact) mass is 699 g/mol. The molecule has 0 spiro atoms. The summed E-state index contributed by atoms with van der Waals surface area (Å²) in [6.07, 6.45) is 4.91. The molecule has 0 heterocycles. The van der Waals surface area contributed by atoms with Crippen molar-refractivity contribution in [2.75, 3.05) is 0 Å². The number of hydrogen-bond donors (Lipinski definition) is 0. The quantitative estimate of drug-likeness (QED) is 0.176. The Morgan fingerprint density at radius 2 is 1.33 bits per heavy atom. The molecule has 0 amide bonds. The summed E-state index contributed by atoms with van der Waals surface area (Å²) in [5, 5.41) is 0. The van der Waals surface area contributed by atoms with Crippen molar-refractivity contribution in [3.05, 3.63) is 129 Å². The van der Waals surface area contributed by atoms with Crippen LogP contribution < -0.4 is 0 Å². The van der Waals surface area contributed by atoms with Gasteiger partial charge in [0.25, 0.3) is 0 Å². The maximum atomic E-state index is 8.61. The van der Waals surface area contributed by atoms with Crippen molar-refractivity contribution in [2.24, 2.45) is 5.92 Å². The van der Waals surface area contributed by atoms with Crippen LogP contribution in [0, 0.1) is 26.7 Å². The van der Waals surface area contributed by atoms with Crippen molar-refractivity contribution in [2.45, 2.75) is 61.9 Å². The summed E-state index contributed by atoms with van der Waals surface area (Å²) in [5.74, 6) is -1.27. The van der Waals surface area contributed by atoms with Gasteiger partial charge in [0.2, 0.25) is 0 Å². The molecule has 0 aliphatic heterocycles. The average molecular weight is 702 g/mol. The minimum absolute atomic E-state index is 0.0931. The first-order chi connectivity index (χ1) is 20.4. The number of hydrogen-bond acceptors (Lipinski definition) is 0. The van der Waals surface area contributed by atoms with Gasteiger partial charge in [-0.05, 0) is 0 Å². The average Bonchev–Trinajstić information content (AvgIpc) is 3.55. The standard InChI is InChI=1S/C20H21.C17H15.C2H7Si.2ClH.Zr/c1-13(2)17-11-16-8-6-10-19(20(16)12-17)18-9-5-7-14(3)15(18)4;1-12-10-16-13(2)8-9-15(17(16)11-12)14-6-4-3-5-7-14;1-3-2;;;/h5-13H,1-4H3;3-11H,1-2H3;3H,1-2H3;2*1H;/q;;;;;+2/p-2. The summed E-state index contributed by atoms with van der Waals surface area (Å²) in [5.41, 5.74) is 17.3. The van der Waals surface area contributed by atoms with Gasteiger partial charge in [0.1, 0.15) is 0 Å². The molecule has 0 aromatic heterocycles. The second-order valence-corrected chi connectivity index (χ2v) is 56.1. The van der Waals surface area contributed by atoms with E-state index in [0.717, 1.165) is 0 Å². The van der Waals surface area contributed by atoms with Crippen LogP contribution in [0.5, 0.6) is 0 Å². The van der Waals surface area contributed by atoms with Crippen LogP contribution in [-0.4, -0.2) is 5.92 Å². The van der Waals surface area contributed by atoms with Crippen molar-refractivity contribution in [1.29, 1.82) is 0 Å². The van der Waals surface area contributed by atoms with Crippen molar-refractivity contribution < 1.29 is 15.6 Å². The molecule has 2 aliphatic rings. The second-order valence-electron chi connectivity index (χ2n) is 13.6. The van der Waals surface area contributed by atoms with E-state index >= 15 is 0 Å². The topological polar surface area (TPSA) is 0 Å². The van der Waals surface area contributed by atoms with E-state index in [9.17, 15) is 0 Å². The van der Waals surface area contributed by atoms with E-state index < -0.39 is 21.5 Å². The molecule has 0 bridgehead atoms. The SMILES string of the molecule is CC1=Cc2c(-c3ccccc3)ccc(C)c2[CH]1[Zr]([Cl])([Cl])([CH]1C(C(C)C)=Cc2c(-c3cccc(C)c3C)cccc21)[SiH](C)C. The van der Waals surface area contributed by atoms with Gasteiger partial charge in [0, 0.05) is 0 Å². The van der Waals surface area contributed by atoms with Crippen molar-refractivity contribution >= 4 is 35.1 Å². The Kier molecular flexibility index (Phi) is 8.04. The van der Waals surface area contributed by atoms with Gasteiger partial charge in [-0.15, -0.1) is 0 Å². The molecular formula is C39H43Cl2SiZr. The van der Waals surface area contributed by atoms with Gasteiger partial charge in [-0.3, -0.25) is 0 Å². The zero-order valence-corrected chi connectivity index (χ0v) is 31.9. The molecule has 221 valence electrons. The molecule has 4 aromatic carbocycles. The van der Waals surface area contributed by atoms with Gasteiger partial charge in [0.05, 0.1) is 0 Å². The van der Waals surface area contributed by atoms with Gasteiger partial charge in [0.15, 0.2) is 0 Å². The molecule has 0 nitrogen and oxygen atoms in total. The summed E-state index contributed by atoms with van der Waals surface area (Å²) in [6.45, 7) is 18.6. The van der Waals surface area contributed by atoms with Gasteiger partial charge in [-0.1, -0.05) is 0 Å². The van der Waals surface area contributed by atoms with Crippen LogP contribution in [0.2, 0.25) is 13.1 Å². The fourth-order valence-electron chi connectivity index (χ4n) is 8.06. The molecule has 43 heavy (non-hydrogen) atoms. The third-order valence-corrected chi connectivity index (χ3v) is 62.5. The predicted molar refractivity (Wildman–Crippen MR) is 190 cm³/mol. The summed E-state index contributed by atoms with van der Waals surface area (Å²) < 4.78 is 0.188. The second kappa shape index (κ2) is 11.1. The Morgan fingerprint density at radius 1 is 0.651 bits per heavy atom. The van der Waals surface area contributed by atoms with Crippen LogP contribution in [0.3, 0.4) is 0 Å². The molecular weight excluding hydrogens is 659 g/mol. The Morgan fingerprint density at radius 3 is 2.00 bits per heavy atom. The molecule has 0 radical (unpaired) electrons. The number of halogens is 2. The first-order valence-electron chi connectivity index (χ1n) is 15.7. The molecule has 4 heteroatoms. The number of fused-ring (bicyclic) bond motifs is 2. The Labute approximate surface area is 267 Å². The molecule has 2 unspecified atom stereocenters. The molecule has 4 aromatic rings. The zero-order chi connectivity index (χ0) is 30.9. The van der Waals surface area contributed by atoms with E-state index in [1.54, 1.807) is 0 Å². The van der Waals surface area contributed by atoms with Gasteiger partial charge in [-0.2, -0.15) is 0 Å². The van der Waals surface area contributed by atoms with E-state index in [-0.39, 0.29) is 7.25 Å². The van der Waals surface area contributed by atoms with Crippen LogP contribution in [0.1, 0.15) is 67.0 Å². The third-order valence-electron chi connectivity index (χ3n) is 10.6. The van der Waals surface area contributed by atoms with Gasteiger partial charge < -0.3 is 0 Å². The summed E-state index contributed by atoms with van der Waals surface area (Å²) >= 11 is -4.80. The number of rotatable bonds is 6. The van der Waals surface area contributed by atoms with Gasteiger partial charge in [-0.25, -0.2) is 0 Å². The van der Waals surface area contributed by atoms with E-state index in [4.69, 9.17) is 17.0 Å². The van der Waals surface area contributed by atoms with E-state index in [0.29, 0.717) is 5.92 Å². The van der Waals surface area contributed by atoms with Crippen LogP contribution in [-0.2, 0) is 15.6 Å². The summed E-state index contributed by atoms with van der Waals surface area (Å²) in [6, 6.07) is 28.9. The maximum absolute atomic E-state index is 8.61. The fourth-order valence-corrected chi connectivity index (χ4v) is 40.3. The predicted octanol–water partition coefficient (Wildman–Crippen LogP) is 12.2. The molecule has 0 saturated heterocycles. The van der Waals surface area contributed by atoms with Crippen LogP contribution in [0.15, 0.2) is 90.0 Å². The summed E-state index contributed by atoms with van der Waals surface area (Å²) in [7, 11) is 17.2. The van der Waals surface area contributed by atoms with E-state index in [1.807, 2.05) is 0 Å². The first-order valence-corrected chi connectivity index (χ1v) is 32.0. The minimum atomic E-state index is -4.80. The van der Waals surface area contributed by atoms with Crippen molar-refractivity contribution in [3.63, 3.8) is 0 Å². The van der Waals surface area contributed by atoms with Gasteiger partial charge >= 0.3 is 270 Å². The first kappa shape index (κ1) is 31.0. The van der Waals surface area contributed by atoms with E-state index in [2.05, 4.69) is 146 Å². The van der Waals surface area contributed by atoms with Crippen LogP contribution in [0.25, 0.3) is 34.4 Å². The molecule has 6 rings (SSSR count). The van der Waals surface area contributed by atoms with Crippen molar-refractivity contribution in [1.82, 2.24) is 0 Å². The molecule has 0 N–H and O–H groups in total. The number of aryl methyl sites for hydroxylation is 2. The van der Waals surface area contributed by atoms with Crippen LogP contribution >= 0.6 is 17.0 Å². The molecule has 0 saturated carbocycles. The summed E-state index contributed by atoms with van der Waals surface area (Å²) in [4.78, 5) is 0. The van der Waals surface area contributed by atoms with E-state index in [1.165, 1.54) is 72.3 Å². The molecule has 0 fully saturated rings. The Hall–Kier alpha value is -1.96. The Balaban J connectivity index is 1.62.